The summed E-state index contributed by atoms with van der Waals surface area (Å²) >= 11 is 0. The van der Waals surface area contributed by atoms with Crippen molar-refractivity contribution in [3.05, 3.63) is 582 Å². The van der Waals surface area contributed by atoms with Gasteiger partial charge in [-0.25, -0.2) is 0 Å². The van der Waals surface area contributed by atoms with E-state index in [9.17, 15) is 0 Å². The number of rotatable bonds is 15. The number of fused-ring (bicyclic) bond motifs is 18. The molecule has 30 aromatic rings. The lowest BCUT2D eigenvalue weighted by atomic mass is 9.94. The van der Waals surface area contributed by atoms with Crippen molar-refractivity contribution in [1.82, 2.24) is 27.4 Å². The summed E-state index contributed by atoms with van der Waals surface area (Å²) in [6.07, 6.45) is 0. The molecule has 24 aromatic carbocycles. The minimum atomic E-state index is 1.14. The van der Waals surface area contributed by atoms with E-state index in [4.69, 9.17) is 0 Å². The molecular formula is C144H96N6. The Labute approximate surface area is 868 Å². The van der Waals surface area contributed by atoms with Crippen LogP contribution in [-0.4, -0.2) is 27.4 Å². The Morgan fingerprint density at radius 1 is 0.0933 bits per heavy atom. The molecule has 0 spiro atoms. The number of hydrogen-bond acceptors (Lipinski definition) is 0. The lowest BCUT2D eigenvalue weighted by Gasteiger charge is -2.19. The van der Waals surface area contributed by atoms with Crippen LogP contribution in [0.2, 0.25) is 0 Å². The molecular weight excluding hydrogens is 1810 g/mol. The van der Waals surface area contributed by atoms with Gasteiger partial charge >= 0.3 is 0 Å². The highest BCUT2D eigenvalue weighted by Gasteiger charge is 2.29. The summed E-state index contributed by atoms with van der Waals surface area (Å²) in [4.78, 5) is 0. The van der Waals surface area contributed by atoms with E-state index in [1.165, 1.54) is 242 Å². The zero-order valence-corrected chi connectivity index (χ0v) is 82.1. The number of aromatic nitrogens is 6. The molecule has 0 saturated carbocycles. The second kappa shape index (κ2) is 37.4. The summed E-state index contributed by atoms with van der Waals surface area (Å²) in [5.41, 5.74) is 43.3. The van der Waals surface area contributed by atoms with E-state index in [2.05, 4.69) is 610 Å². The van der Waals surface area contributed by atoms with Gasteiger partial charge < -0.3 is 27.4 Å². The second-order valence-corrected chi connectivity index (χ2v) is 38.7. The molecule has 0 saturated heterocycles. The summed E-state index contributed by atoms with van der Waals surface area (Å²) in [6.45, 7) is 0. The minimum Gasteiger partial charge on any atom is -0.309 e. The van der Waals surface area contributed by atoms with E-state index < -0.39 is 0 Å². The third-order valence-corrected chi connectivity index (χ3v) is 30.4. The average molecular weight is 1910 g/mol. The molecule has 0 aliphatic heterocycles. The fourth-order valence-corrected chi connectivity index (χ4v) is 24.0. The fraction of sp³-hybridized carbons (Fsp3) is 0. The van der Waals surface area contributed by atoms with Crippen LogP contribution in [0.25, 0.3) is 265 Å². The first-order valence-corrected chi connectivity index (χ1v) is 51.6. The maximum absolute atomic E-state index is 2.51. The molecule has 6 nitrogen and oxygen atoms in total. The lowest BCUT2D eigenvalue weighted by Crippen LogP contribution is -2.00. The zero-order chi connectivity index (χ0) is 99.1. The van der Waals surface area contributed by atoms with E-state index in [1.807, 2.05) is 0 Å². The molecule has 0 N–H and O–H groups in total. The lowest BCUT2D eigenvalue weighted by molar-refractivity contribution is 1.18. The smallest absolute Gasteiger partial charge is 0.0618 e. The van der Waals surface area contributed by atoms with Crippen LogP contribution in [0.5, 0.6) is 0 Å². The highest BCUT2D eigenvalue weighted by molar-refractivity contribution is 6.27. The SMILES string of the molecule is c1ccc(-c2cc(-c3ccccc3)cc(-n3c4ccccc4c4c(-c5cccc6c5c5ccccc5n6-c5ccccc5)cccc43)c2)cc1.c1ccc(-c2ccc(-n3c4ccccc4c4c(-c5cccc6c5c5ccccc5n6-c5ccccc5)cccc43)cc2-c2ccccc2)cc1.c1ccc(-c2cccc(-c3ccccc3)c2-n2c3ccccc3c3c(-c4cccc5c4c4ccccc4n5-c4ccccc4)cccc32)cc1. The van der Waals surface area contributed by atoms with Crippen molar-refractivity contribution in [1.29, 1.82) is 0 Å². The minimum absolute atomic E-state index is 1.14. The maximum Gasteiger partial charge on any atom is 0.0618 e. The first-order chi connectivity index (χ1) is 74.5. The van der Waals surface area contributed by atoms with Gasteiger partial charge in [-0.05, 0) is 229 Å². The summed E-state index contributed by atoms with van der Waals surface area (Å²) < 4.78 is 14.6. The van der Waals surface area contributed by atoms with E-state index in [0.29, 0.717) is 0 Å². The van der Waals surface area contributed by atoms with Crippen LogP contribution in [0.1, 0.15) is 0 Å². The second-order valence-electron chi connectivity index (χ2n) is 38.7. The van der Waals surface area contributed by atoms with Crippen LogP contribution in [-0.2, 0) is 0 Å². The Morgan fingerprint density at radius 2 is 0.293 bits per heavy atom. The van der Waals surface area contributed by atoms with E-state index >= 15 is 0 Å². The summed E-state index contributed by atoms with van der Waals surface area (Å²) in [5.74, 6) is 0. The van der Waals surface area contributed by atoms with Gasteiger partial charge in [0, 0.05) is 104 Å². The van der Waals surface area contributed by atoms with E-state index in [0.717, 1.165) is 22.7 Å². The topological polar surface area (TPSA) is 29.6 Å². The number of nitrogens with zero attached hydrogens (tertiary/aromatic N) is 6. The van der Waals surface area contributed by atoms with Gasteiger partial charge in [-0.15, -0.1) is 0 Å². The Hall–Kier alpha value is -19.9. The molecule has 6 heteroatoms. The summed E-state index contributed by atoms with van der Waals surface area (Å²) in [6, 6.07) is 211. The molecule has 0 amide bonds. The molecule has 0 bridgehead atoms. The van der Waals surface area contributed by atoms with Crippen molar-refractivity contribution in [2.75, 3.05) is 0 Å². The van der Waals surface area contributed by atoms with Gasteiger partial charge in [-0.1, -0.05) is 443 Å². The van der Waals surface area contributed by atoms with Gasteiger partial charge in [-0.2, -0.15) is 0 Å². The van der Waals surface area contributed by atoms with Crippen molar-refractivity contribution in [2.45, 2.75) is 0 Å². The molecule has 30 rings (SSSR count). The largest absolute Gasteiger partial charge is 0.309 e. The monoisotopic (exact) mass is 1910 g/mol. The highest BCUT2D eigenvalue weighted by atomic mass is 15.0. The number of benzene rings is 24. The Kier molecular flexibility index (Phi) is 21.9. The van der Waals surface area contributed by atoms with Crippen molar-refractivity contribution in [2.24, 2.45) is 0 Å². The first kappa shape index (κ1) is 87.8. The van der Waals surface area contributed by atoms with Gasteiger partial charge in [0.25, 0.3) is 0 Å². The third-order valence-electron chi connectivity index (χ3n) is 30.4. The van der Waals surface area contributed by atoms with Crippen LogP contribution in [0.3, 0.4) is 0 Å². The fourth-order valence-electron chi connectivity index (χ4n) is 24.0. The van der Waals surface area contributed by atoms with E-state index in [-0.39, 0.29) is 0 Å². The van der Waals surface area contributed by atoms with Gasteiger partial charge in [0.15, 0.2) is 0 Å². The van der Waals surface area contributed by atoms with Crippen LogP contribution in [0.15, 0.2) is 582 Å². The van der Waals surface area contributed by atoms with Crippen LogP contribution >= 0.6 is 0 Å². The standard InChI is InChI=1S/3C48H32N2/c1-4-17-33(18-5-1)36-25-14-26-37(34-19-6-2-7-20-34)48(36)50-43-30-13-11-24-41(43)47-39(28-16-32-45(47)50)38-27-15-31-44-46(38)40-23-10-12-29-42(40)49(44)35-21-8-3-9-22-35;1-4-16-33(17-5-1)35-30-36(34-18-6-2-7-19-34)32-38(31-35)50-44-27-13-11-23-42(44)48-40(25-15-29-46(48)50)39-24-14-28-45-47(39)41-22-10-12-26-43(41)49(45)37-20-8-3-9-21-37;1-4-16-33(17-5-1)37-31-30-36(32-42(37)34-18-6-2-7-19-34)50-44-27-13-11-23-41(44)48-39(25-15-29-46(48)50)38-24-14-28-45-47(38)40-22-10-12-26-43(40)49(45)35-20-8-3-9-21-35/h3*1-32H. The van der Waals surface area contributed by atoms with Gasteiger partial charge in [-0.3, -0.25) is 0 Å². The molecule has 0 unspecified atom stereocenters. The predicted octanol–water partition coefficient (Wildman–Crippen LogP) is 38.6. The molecule has 6 heterocycles. The molecule has 0 aliphatic rings. The first-order valence-electron chi connectivity index (χ1n) is 51.6. The van der Waals surface area contributed by atoms with Gasteiger partial charge in [0.2, 0.25) is 0 Å². The van der Waals surface area contributed by atoms with Crippen LogP contribution in [0, 0.1) is 0 Å². The molecule has 6 aromatic heterocycles. The Balaban J connectivity index is 0.000000108. The van der Waals surface area contributed by atoms with Crippen molar-refractivity contribution in [3.8, 4) is 134 Å². The van der Waals surface area contributed by atoms with Crippen molar-refractivity contribution < 1.29 is 0 Å². The number of hydrogen-bond donors (Lipinski definition) is 0. The van der Waals surface area contributed by atoms with Crippen molar-refractivity contribution in [3.63, 3.8) is 0 Å². The van der Waals surface area contributed by atoms with Crippen LogP contribution < -0.4 is 0 Å². The molecule has 150 heavy (non-hydrogen) atoms. The average Bonchev–Trinajstić information content (AvgIpc) is 1.56. The van der Waals surface area contributed by atoms with Gasteiger partial charge in [0.1, 0.15) is 0 Å². The van der Waals surface area contributed by atoms with E-state index in [1.54, 1.807) is 0 Å². The Bertz CT molecular complexity index is 10300. The molecule has 0 radical (unpaired) electrons. The third kappa shape index (κ3) is 14.9. The summed E-state index contributed by atoms with van der Waals surface area (Å²) in [7, 11) is 0. The normalized spacial score (nSPS) is 11.6. The van der Waals surface area contributed by atoms with Gasteiger partial charge in [0.05, 0.1) is 71.9 Å². The maximum atomic E-state index is 2.51. The zero-order valence-electron chi connectivity index (χ0n) is 82.1. The molecule has 0 fully saturated rings. The molecule has 0 atom stereocenters. The highest BCUT2D eigenvalue weighted by Crippen LogP contribution is 2.52. The predicted molar refractivity (Wildman–Crippen MR) is 634 cm³/mol. The number of para-hydroxylation sites is 10. The summed E-state index contributed by atoms with van der Waals surface area (Å²) in [5, 5.41) is 15.1. The van der Waals surface area contributed by atoms with Crippen molar-refractivity contribution >= 4 is 131 Å². The Morgan fingerprint density at radius 3 is 0.580 bits per heavy atom. The quantitative estimate of drug-likeness (QED) is 0.0979. The molecule has 0 aliphatic carbocycles. The molecule has 702 valence electrons. The van der Waals surface area contributed by atoms with Crippen LogP contribution in [0.4, 0.5) is 0 Å².